The Balaban J connectivity index is 1.81. The molecule has 0 radical (unpaired) electrons. The molecule has 1 amide bonds. The molecule has 1 saturated heterocycles. The summed E-state index contributed by atoms with van der Waals surface area (Å²) in [5.41, 5.74) is 0.908. The molecule has 1 aromatic heterocycles. The van der Waals surface area contributed by atoms with Crippen molar-refractivity contribution in [3.05, 3.63) is 39.7 Å². The first-order chi connectivity index (χ1) is 12.4. The van der Waals surface area contributed by atoms with Gasteiger partial charge < -0.3 is 24.0 Å². The molecule has 1 fully saturated rings. The lowest BCUT2D eigenvalue weighted by atomic mass is 9.96. The Kier molecular flexibility index (Phi) is 4.97. The average Bonchev–Trinajstić information content (AvgIpc) is 2.64. The first-order valence-electron chi connectivity index (χ1n) is 8.49. The van der Waals surface area contributed by atoms with E-state index in [1.54, 1.807) is 30.0 Å². The van der Waals surface area contributed by atoms with E-state index in [0.29, 0.717) is 48.4 Å². The maximum atomic E-state index is 12.5. The summed E-state index contributed by atoms with van der Waals surface area (Å²) in [7, 11) is 1.53. The van der Waals surface area contributed by atoms with E-state index >= 15 is 0 Å². The summed E-state index contributed by atoms with van der Waals surface area (Å²) in [4.78, 5) is 37.4. The van der Waals surface area contributed by atoms with Crippen molar-refractivity contribution in [2.75, 3.05) is 20.2 Å². The molecular formula is C19H20NO6-. The van der Waals surface area contributed by atoms with Crippen LogP contribution in [0.5, 0.6) is 5.75 Å². The highest BCUT2D eigenvalue weighted by atomic mass is 16.5. The number of ether oxygens (including phenoxy) is 1. The summed E-state index contributed by atoms with van der Waals surface area (Å²) in [6, 6.07) is 5.21. The second-order valence-electron chi connectivity index (χ2n) is 6.51. The number of hydrogen-bond donors (Lipinski definition) is 0. The van der Waals surface area contributed by atoms with E-state index in [4.69, 9.17) is 9.15 Å². The number of carbonyl (C=O) groups excluding carboxylic acids is 2. The summed E-state index contributed by atoms with van der Waals surface area (Å²) in [5.74, 6) is -1.20. The molecule has 0 N–H and O–H groups in total. The number of nitrogens with zero attached hydrogens (tertiary/aromatic N) is 1. The maximum Gasteiger partial charge on any atom is 0.340 e. The molecule has 7 heteroatoms. The third kappa shape index (κ3) is 3.42. The molecule has 7 nitrogen and oxygen atoms in total. The van der Waals surface area contributed by atoms with Crippen LogP contribution in [0.25, 0.3) is 11.0 Å². The zero-order valence-corrected chi connectivity index (χ0v) is 14.7. The highest BCUT2D eigenvalue weighted by Gasteiger charge is 2.25. The van der Waals surface area contributed by atoms with E-state index in [1.165, 1.54) is 7.11 Å². The van der Waals surface area contributed by atoms with E-state index in [-0.39, 0.29) is 12.3 Å². The van der Waals surface area contributed by atoms with E-state index in [9.17, 15) is 19.5 Å². The average molecular weight is 358 g/mol. The Bertz CT molecular complexity index is 908. The summed E-state index contributed by atoms with van der Waals surface area (Å²) in [6.07, 6.45) is 0.685. The number of carboxylic acid groups (broad SMARTS) is 1. The Labute approximate surface area is 150 Å². The highest BCUT2D eigenvalue weighted by molar-refractivity contribution is 5.85. The van der Waals surface area contributed by atoms with Crippen LogP contribution < -0.4 is 15.5 Å². The zero-order valence-electron chi connectivity index (χ0n) is 14.7. The number of amides is 1. The van der Waals surface area contributed by atoms with E-state index in [1.807, 2.05) is 0 Å². The van der Waals surface area contributed by atoms with Gasteiger partial charge in [-0.1, -0.05) is 0 Å². The topological polar surface area (TPSA) is 99.9 Å². The second kappa shape index (κ2) is 7.19. The van der Waals surface area contributed by atoms with Crippen LogP contribution in [0.3, 0.4) is 0 Å². The number of rotatable bonds is 4. The van der Waals surface area contributed by atoms with E-state index < -0.39 is 17.5 Å². The Hall–Kier alpha value is -2.83. The summed E-state index contributed by atoms with van der Waals surface area (Å²) < 4.78 is 10.5. The lowest BCUT2D eigenvalue weighted by Gasteiger charge is -2.32. The fraction of sp³-hybridized carbons (Fsp3) is 0.421. The quantitative estimate of drug-likeness (QED) is 0.744. The molecule has 138 valence electrons. The largest absolute Gasteiger partial charge is 0.550 e. The van der Waals surface area contributed by atoms with Crippen LogP contribution in [-0.4, -0.2) is 37.0 Å². The maximum absolute atomic E-state index is 12.5. The van der Waals surface area contributed by atoms with Gasteiger partial charge in [-0.2, -0.15) is 0 Å². The van der Waals surface area contributed by atoms with Gasteiger partial charge in [0.25, 0.3) is 0 Å². The molecule has 0 bridgehead atoms. The number of fused-ring (bicyclic) bond motifs is 1. The number of carboxylic acids is 1. The third-order valence-electron chi connectivity index (χ3n) is 5.00. The highest BCUT2D eigenvalue weighted by Crippen LogP contribution is 2.25. The molecule has 1 aliphatic heterocycles. The molecule has 3 rings (SSSR count). The fourth-order valence-electron chi connectivity index (χ4n) is 3.33. The minimum Gasteiger partial charge on any atom is -0.550 e. The van der Waals surface area contributed by atoms with Gasteiger partial charge >= 0.3 is 5.63 Å². The number of carbonyl (C=O) groups is 2. The summed E-state index contributed by atoms with van der Waals surface area (Å²) in [6.45, 7) is 2.50. The number of likely N-dealkylation sites (tertiary alicyclic amines) is 1. The van der Waals surface area contributed by atoms with Crippen molar-refractivity contribution in [1.29, 1.82) is 0 Å². The van der Waals surface area contributed by atoms with Gasteiger partial charge in [0, 0.05) is 36.4 Å². The molecule has 0 unspecified atom stereocenters. The van der Waals surface area contributed by atoms with Crippen molar-refractivity contribution in [3.8, 4) is 5.75 Å². The van der Waals surface area contributed by atoms with Crippen molar-refractivity contribution in [1.82, 2.24) is 4.90 Å². The molecule has 26 heavy (non-hydrogen) atoms. The predicted octanol–water partition coefficient (Wildman–Crippen LogP) is 0.641. The van der Waals surface area contributed by atoms with E-state index in [0.717, 1.165) is 5.39 Å². The van der Waals surface area contributed by atoms with Crippen molar-refractivity contribution in [2.24, 2.45) is 5.92 Å². The number of benzene rings is 1. The lowest BCUT2D eigenvalue weighted by molar-refractivity contribution is -0.312. The third-order valence-corrected chi connectivity index (χ3v) is 5.00. The van der Waals surface area contributed by atoms with Crippen LogP contribution in [0.1, 0.15) is 24.0 Å². The van der Waals surface area contributed by atoms with Gasteiger partial charge in [0.15, 0.2) is 0 Å². The van der Waals surface area contributed by atoms with Crippen molar-refractivity contribution < 1.29 is 23.8 Å². The molecule has 0 spiro atoms. The van der Waals surface area contributed by atoms with Crippen molar-refractivity contribution >= 4 is 22.8 Å². The van der Waals surface area contributed by atoms with Crippen LogP contribution in [0.15, 0.2) is 27.4 Å². The minimum absolute atomic E-state index is 0.0634. The first kappa shape index (κ1) is 18.0. The van der Waals surface area contributed by atoms with Gasteiger partial charge in [-0.15, -0.1) is 0 Å². The Morgan fingerprint density at radius 2 is 2.00 bits per heavy atom. The number of piperidine rings is 1. The van der Waals surface area contributed by atoms with Gasteiger partial charge in [-0.05, 0) is 37.5 Å². The van der Waals surface area contributed by atoms with Crippen LogP contribution in [0, 0.1) is 12.8 Å². The fourth-order valence-corrected chi connectivity index (χ4v) is 3.33. The van der Waals surface area contributed by atoms with Crippen molar-refractivity contribution in [3.63, 3.8) is 0 Å². The molecule has 0 saturated carbocycles. The molecule has 2 aromatic rings. The van der Waals surface area contributed by atoms with Crippen LogP contribution in [0.2, 0.25) is 0 Å². The standard InChI is InChI=1S/C19H21NO6/c1-11-14-4-3-13(25-2)9-16(14)26-19(24)15(11)10-17(21)20-7-5-12(6-8-20)18(22)23/h3-4,9,12H,5-8,10H2,1-2H3,(H,22,23)/p-1. The van der Waals surface area contributed by atoms with E-state index in [2.05, 4.69) is 0 Å². The Morgan fingerprint density at radius 3 is 2.62 bits per heavy atom. The smallest absolute Gasteiger partial charge is 0.340 e. The predicted molar refractivity (Wildman–Crippen MR) is 91.8 cm³/mol. The summed E-state index contributed by atoms with van der Waals surface area (Å²) >= 11 is 0. The SMILES string of the molecule is COc1ccc2c(C)c(CC(=O)N3CCC(C(=O)[O-])CC3)c(=O)oc2c1. The number of methoxy groups -OCH3 is 1. The molecule has 0 atom stereocenters. The normalized spacial score (nSPS) is 15.2. The van der Waals surface area contributed by atoms with Crippen LogP contribution in [-0.2, 0) is 16.0 Å². The molecule has 0 aliphatic carbocycles. The monoisotopic (exact) mass is 358 g/mol. The minimum atomic E-state index is -1.07. The van der Waals surface area contributed by atoms with Gasteiger partial charge in [-0.25, -0.2) is 4.79 Å². The molecule has 1 aliphatic rings. The van der Waals surface area contributed by atoms with Gasteiger partial charge in [0.05, 0.1) is 19.1 Å². The van der Waals surface area contributed by atoms with Crippen molar-refractivity contribution in [2.45, 2.75) is 26.2 Å². The number of hydrogen-bond acceptors (Lipinski definition) is 6. The molecule has 2 heterocycles. The number of aryl methyl sites for hydroxylation is 1. The van der Waals surface area contributed by atoms with Gasteiger partial charge in [0.1, 0.15) is 11.3 Å². The second-order valence-corrected chi connectivity index (χ2v) is 6.51. The molecule has 1 aromatic carbocycles. The zero-order chi connectivity index (χ0) is 18.8. The van der Waals surface area contributed by atoms with Crippen LogP contribution >= 0.6 is 0 Å². The van der Waals surface area contributed by atoms with Gasteiger partial charge in [-0.3, -0.25) is 4.79 Å². The molecular weight excluding hydrogens is 338 g/mol. The van der Waals surface area contributed by atoms with Crippen LogP contribution in [0.4, 0.5) is 0 Å². The van der Waals surface area contributed by atoms with Gasteiger partial charge in [0.2, 0.25) is 5.91 Å². The number of aliphatic carboxylic acids is 1. The summed E-state index contributed by atoms with van der Waals surface area (Å²) in [5, 5.41) is 11.7. The lowest BCUT2D eigenvalue weighted by Crippen LogP contribution is -2.44. The Morgan fingerprint density at radius 1 is 1.31 bits per heavy atom. The first-order valence-corrected chi connectivity index (χ1v) is 8.49.